The first-order valence-corrected chi connectivity index (χ1v) is 9.98. The molecule has 0 unspecified atom stereocenters. The highest BCUT2D eigenvalue weighted by atomic mass is 16.5. The maximum Gasteiger partial charge on any atom is 0.335 e. The van der Waals surface area contributed by atoms with Crippen LogP contribution in [0.4, 0.5) is 11.4 Å². The molecular formula is C24H24N2O4. The van der Waals surface area contributed by atoms with E-state index >= 15 is 0 Å². The number of carboxylic acids is 1. The second-order valence-corrected chi connectivity index (χ2v) is 7.31. The van der Waals surface area contributed by atoms with E-state index < -0.39 is 5.97 Å². The molecule has 0 spiro atoms. The largest absolute Gasteiger partial charge is 0.493 e. The number of pyridine rings is 1. The Morgan fingerprint density at radius 2 is 1.87 bits per heavy atom. The molecule has 1 aliphatic carbocycles. The van der Waals surface area contributed by atoms with E-state index in [4.69, 9.17) is 9.47 Å². The van der Waals surface area contributed by atoms with Crippen molar-refractivity contribution in [3.63, 3.8) is 0 Å². The molecule has 1 aliphatic rings. The lowest BCUT2D eigenvalue weighted by molar-refractivity contribution is 0.0697. The van der Waals surface area contributed by atoms with Gasteiger partial charge in [0.25, 0.3) is 0 Å². The smallest absolute Gasteiger partial charge is 0.335 e. The highest BCUT2D eigenvalue weighted by molar-refractivity contribution is 5.88. The number of aromatic carboxylic acids is 1. The summed E-state index contributed by atoms with van der Waals surface area (Å²) < 4.78 is 11.7. The summed E-state index contributed by atoms with van der Waals surface area (Å²) >= 11 is 0. The molecule has 3 aromatic rings. The SMILES string of the molecule is COc1ccc(N(Cc2cccnc2)c2ccc(C(=O)O)cc2)cc1OC1CCC1. The average Bonchev–Trinajstić information content (AvgIpc) is 2.75. The summed E-state index contributed by atoms with van der Waals surface area (Å²) in [5, 5.41) is 9.22. The number of aromatic nitrogens is 1. The number of methoxy groups -OCH3 is 1. The van der Waals surface area contributed by atoms with Gasteiger partial charge in [-0.3, -0.25) is 4.98 Å². The number of nitrogens with zero attached hydrogens (tertiary/aromatic N) is 2. The van der Waals surface area contributed by atoms with E-state index in [2.05, 4.69) is 9.88 Å². The van der Waals surface area contributed by atoms with Crippen LogP contribution in [-0.4, -0.2) is 29.3 Å². The minimum absolute atomic E-state index is 0.232. The minimum atomic E-state index is -0.944. The van der Waals surface area contributed by atoms with Gasteiger partial charge in [0.05, 0.1) is 18.8 Å². The van der Waals surface area contributed by atoms with Gasteiger partial charge >= 0.3 is 5.97 Å². The molecule has 2 aromatic carbocycles. The summed E-state index contributed by atoms with van der Waals surface area (Å²) in [5.41, 5.74) is 3.10. The zero-order chi connectivity index (χ0) is 20.9. The molecule has 0 radical (unpaired) electrons. The molecule has 1 N–H and O–H groups in total. The highest BCUT2D eigenvalue weighted by Crippen LogP contribution is 2.38. The van der Waals surface area contributed by atoms with Gasteiger partial charge in [0, 0.05) is 36.4 Å². The number of anilines is 2. The van der Waals surface area contributed by atoms with Crippen LogP contribution in [0.15, 0.2) is 67.0 Å². The Morgan fingerprint density at radius 3 is 2.47 bits per heavy atom. The Labute approximate surface area is 175 Å². The van der Waals surface area contributed by atoms with Gasteiger partial charge in [0.2, 0.25) is 0 Å². The van der Waals surface area contributed by atoms with Crippen molar-refractivity contribution in [2.45, 2.75) is 31.9 Å². The van der Waals surface area contributed by atoms with Crippen LogP contribution in [0.3, 0.4) is 0 Å². The van der Waals surface area contributed by atoms with Crippen molar-refractivity contribution in [3.05, 3.63) is 78.1 Å². The van der Waals surface area contributed by atoms with Crippen molar-refractivity contribution < 1.29 is 19.4 Å². The fourth-order valence-corrected chi connectivity index (χ4v) is 3.38. The summed E-state index contributed by atoms with van der Waals surface area (Å²) in [5.74, 6) is 0.479. The quantitative estimate of drug-likeness (QED) is 0.566. The van der Waals surface area contributed by atoms with E-state index in [0.717, 1.165) is 35.5 Å². The molecule has 6 nitrogen and oxygen atoms in total. The zero-order valence-electron chi connectivity index (χ0n) is 16.8. The van der Waals surface area contributed by atoms with Gasteiger partial charge in [-0.2, -0.15) is 0 Å². The van der Waals surface area contributed by atoms with Crippen LogP contribution >= 0.6 is 0 Å². The number of benzene rings is 2. The van der Waals surface area contributed by atoms with Gasteiger partial charge in [0.15, 0.2) is 11.5 Å². The topological polar surface area (TPSA) is 71.9 Å². The fraction of sp³-hybridized carbons (Fsp3) is 0.250. The van der Waals surface area contributed by atoms with Crippen molar-refractivity contribution in [2.24, 2.45) is 0 Å². The Balaban J connectivity index is 1.71. The molecular weight excluding hydrogens is 380 g/mol. The summed E-state index contributed by atoms with van der Waals surface area (Å²) in [6.07, 6.45) is 7.11. The molecule has 6 heteroatoms. The Morgan fingerprint density at radius 1 is 1.10 bits per heavy atom. The molecule has 0 atom stereocenters. The third kappa shape index (κ3) is 4.38. The predicted octanol–water partition coefficient (Wildman–Crippen LogP) is 5.06. The van der Waals surface area contributed by atoms with Crippen LogP contribution in [0.2, 0.25) is 0 Å². The lowest BCUT2D eigenvalue weighted by Crippen LogP contribution is -2.25. The molecule has 1 heterocycles. The number of rotatable bonds is 8. The van der Waals surface area contributed by atoms with E-state index in [1.54, 1.807) is 25.4 Å². The van der Waals surface area contributed by atoms with Gasteiger partial charge in [-0.15, -0.1) is 0 Å². The number of ether oxygens (including phenoxy) is 2. The first kappa shape index (κ1) is 19.8. The van der Waals surface area contributed by atoms with Crippen LogP contribution in [0.25, 0.3) is 0 Å². The third-order valence-electron chi connectivity index (χ3n) is 5.29. The summed E-state index contributed by atoms with van der Waals surface area (Å²) in [7, 11) is 1.64. The zero-order valence-corrected chi connectivity index (χ0v) is 16.8. The molecule has 1 saturated carbocycles. The van der Waals surface area contributed by atoms with Gasteiger partial charge < -0.3 is 19.5 Å². The monoisotopic (exact) mass is 404 g/mol. The predicted molar refractivity (Wildman–Crippen MR) is 115 cm³/mol. The maximum atomic E-state index is 11.2. The van der Waals surface area contributed by atoms with E-state index in [1.807, 2.05) is 48.7 Å². The van der Waals surface area contributed by atoms with Crippen molar-refractivity contribution in [3.8, 4) is 11.5 Å². The molecule has 30 heavy (non-hydrogen) atoms. The van der Waals surface area contributed by atoms with Gasteiger partial charge in [-0.1, -0.05) is 6.07 Å². The average molecular weight is 404 g/mol. The summed E-state index contributed by atoms with van der Waals surface area (Å²) in [4.78, 5) is 17.6. The Kier molecular flexibility index (Phi) is 5.84. The second kappa shape index (κ2) is 8.86. The molecule has 0 amide bonds. The normalized spacial score (nSPS) is 13.4. The minimum Gasteiger partial charge on any atom is -0.493 e. The molecule has 154 valence electrons. The maximum absolute atomic E-state index is 11.2. The lowest BCUT2D eigenvalue weighted by Gasteiger charge is -2.29. The second-order valence-electron chi connectivity index (χ2n) is 7.31. The number of carboxylic acid groups (broad SMARTS) is 1. The summed E-state index contributed by atoms with van der Waals surface area (Å²) in [6.45, 7) is 0.579. The van der Waals surface area contributed by atoms with Crippen LogP contribution in [0.1, 0.15) is 35.2 Å². The third-order valence-corrected chi connectivity index (χ3v) is 5.29. The van der Waals surface area contributed by atoms with E-state index in [0.29, 0.717) is 12.3 Å². The molecule has 1 fully saturated rings. The van der Waals surface area contributed by atoms with E-state index in [1.165, 1.54) is 6.42 Å². The van der Waals surface area contributed by atoms with Gasteiger partial charge in [-0.05, 0) is 67.3 Å². The van der Waals surface area contributed by atoms with Crippen molar-refractivity contribution in [2.75, 3.05) is 12.0 Å². The van der Waals surface area contributed by atoms with Crippen LogP contribution in [0, 0.1) is 0 Å². The Hall–Kier alpha value is -3.54. The van der Waals surface area contributed by atoms with Crippen molar-refractivity contribution in [1.82, 2.24) is 4.98 Å². The molecule has 4 rings (SSSR count). The number of hydrogen-bond acceptors (Lipinski definition) is 5. The highest BCUT2D eigenvalue weighted by Gasteiger charge is 2.22. The molecule has 1 aromatic heterocycles. The standard InChI is InChI=1S/C24H24N2O4/c1-29-22-12-11-20(14-23(22)30-21-5-2-6-21)26(16-17-4-3-13-25-15-17)19-9-7-18(8-10-19)24(27)28/h3-4,7-15,21H,2,5-6,16H2,1H3,(H,27,28). The molecule has 0 saturated heterocycles. The lowest BCUT2D eigenvalue weighted by atomic mass is 9.96. The summed E-state index contributed by atoms with van der Waals surface area (Å²) in [6, 6.07) is 16.7. The fourth-order valence-electron chi connectivity index (χ4n) is 3.38. The van der Waals surface area contributed by atoms with E-state index in [9.17, 15) is 9.90 Å². The molecule has 0 bridgehead atoms. The Bertz CT molecular complexity index is 1000. The number of hydrogen-bond donors (Lipinski definition) is 1. The van der Waals surface area contributed by atoms with Crippen molar-refractivity contribution in [1.29, 1.82) is 0 Å². The van der Waals surface area contributed by atoms with Gasteiger partial charge in [0.1, 0.15) is 0 Å². The van der Waals surface area contributed by atoms with Crippen molar-refractivity contribution >= 4 is 17.3 Å². The van der Waals surface area contributed by atoms with Crippen LogP contribution < -0.4 is 14.4 Å². The first-order chi connectivity index (χ1) is 14.6. The number of carbonyl (C=O) groups is 1. The van der Waals surface area contributed by atoms with Gasteiger partial charge in [-0.25, -0.2) is 4.79 Å². The van der Waals surface area contributed by atoms with Crippen LogP contribution in [-0.2, 0) is 6.54 Å². The molecule has 0 aliphatic heterocycles. The van der Waals surface area contributed by atoms with Crippen LogP contribution in [0.5, 0.6) is 11.5 Å². The first-order valence-electron chi connectivity index (χ1n) is 9.98. The van der Waals surface area contributed by atoms with E-state index in [-0.39, 0.29) is 11.7 Å².